The van der Waals surface area contributed by atoms with Gasteiger partial charge in [0.05, 0.1) is 0 Å². The third kappa shape index (κ3) is 11.7. The molecule has 0 atom stereocenters. The molecule has 10 nitrogen and oxygen atoms in total. The van der Waals surface area contributed by atoms with Crippen LogP contribution in [0.25, 0.3) is 0 Å². The highest BCUT2D eigenvalue weighted by Gasteiger charge is 2.09. The Morgan fingerprint density at radius 1 is 0.357 bits per heavy atom. The van der Waals surface area contributed by atoms with Gasteiger partial charge >= 0.3 is 12.3 Å². The fraction of sp³-hybridized carbons (Fsp3) is 0. The molecule has 5 aromatic rings. The van der Waals surface area contributed by atoms with Crippen molar-refractivity contribution in [2.75, 3.05) is 0 Å². The van der Waals surface area contributed by atoms with Crippen LogP contribution in [0, 0.1) is 0 Å². The molecule has 0 aliphatic carbocycles. The van der Waals surface area contributed by atoms with Gasteiger partial charge in [0.2, 0.25) is 0 Å². The van der Waals surface area contributed by atoms with E-state index >= 15 is 0 Å². The number of rotatable bonds is 4. The zero-order valence-corrected chi connectivity index (χ0v) is 21.9. The van der Waals surface area contributed by atoms with E-state index in [1.165, 1.54) is 66.7 Å². The second-order valence-electron chi connectivity index (χ2n) is 8.05. The Balaban J connectivity index is 0.000000185. The minimum Gasteiger partial charge on any atom is -0.508 e. The van der Waals surface area contributed by atoms with Crippen LogP contribution in [0.15, 0.2) is 133 Å². The van der Waals surface area contributed by atoms with Crippen LogP contribution in [0.4, 0.5) is 9.59 Å². The molecule has 0 fully saturated rings. The molecular formula is C32H26O10. The lowest BCUT2D eigenvalue weighted by Crippen LogP contribution is -2.13. The predicted octanol–water partition coefficient (Wildman–Crippen LogP) is 7.04. The first-order valence-electron chi connectivity index (χ1n) is 12.2. The van der Waals surface area contributed by atoms with E-state index in [0.29, 0.717) is 11.5 Å². The lowest BCUT2D eigenvalue weighted by molar-refractivity contribution is 0.150. The molecular weight excluding hydrogens is 544 g/mol. The minimum atomic E-state index is -0.953. The zero-order valence-electron chi connectivity index (χ0n) is 21.9. The van der Waals surface area contributed by atoms with Crippen LogP contribution >= 0.6 is 0 Å². The van der Waals surface area contributed by atoms with Crippen LogP contribution in [-0.4, -0.2) is 32.7 Å². The van der Waals surface area contributed by atoms with Crippen molar-refractivity contribution in [3.05, 3.63) is 133 Å². The lowest BCUT2D eigenvalue weighted by Gasteiger charge is -2.05. The fourth-order valence-electron chi connectivity index (χ4n) is 2.99. The van der Waals surface area contributed by atoms with Crippen molar-refractivity contribution in [3.8, 4) is 46.0 Å². The third-order valence-electron chi connectivity index (χ3n) is 4.76. The van der Waals surface area contributed by atoms with E-state index in [2.05, 4.69) is 0 Å². The van der Waals surface area contributed by atoms with Crippen molar-refractivity contribution in [2.24, 2.45) is 0 Å². The van der Waals surface area contributed by atoms with Gasteiger partial charge in [-0.05, 0) is 60.7 Å². The molecule has 0 radical (unpaired) electrons. The topological polar surface area (TPSA) is 152 Å². The van der Waals surface area contributed by atoms with Gasteiger partial charge in [0, 0.05) is 18.2 Å². The van der Waals surface area contributed by atoms with Gasteiger partial charge in [-0.25, -0.2) is 9.59 Å². The largest absolute Gasteiger partial charge is 0.519 e. The number of benzene rings is 5. The van der Waals surface area contributed by atoms with Gasteiger partial charge < -0.3 is 39.4 Å². The number of phenols is 4. The number of hydrogen-bond acceptors (Lipinski definition) is 10. The molecule has 5 rings (SSSR count). The number of carbonyl (C=O) groups is 2. The van der Waals surface area contributed by atoms with E-state index in [1.807, 2.05) is 12.1 Å². The number of aromatic hydroxyl groups is 4. The van der Waals surface area contributed by atoms with E-state index < -0.39 is 12.3 Å². The molecule has 0 aromatic heterocycles. The van der Waals surface area contributed by atoms with Crippen molar-refractivity contribution in [3.63, 3.8) is 0 Å². The van der Waals surface area contributed by atoms with Gasteiger partial charge in [0.15, 0.2) is 0 Å². The summed E-state index contributed by atoms with van der Waals surface area (Å²) in [5.41, 5.74) is 0. The molecule has 0 aliphatic rings. The summed E-state index contributed by atoms with van der Waals surface area (Å²) in [4.78, 5) is 22.7. The molecule has 0 bridgehead atoms. The van der Waals surface area contributed by atoms with Crippen molar-refractivity contribution < 1.29 is 49.0 Å². The number of ether oxygens (including phenoxy) is 4. The molecule has 4 N–H and O–H groups in total. The monoisotopic (exact) mass is 570 g/mol. The molecule has 0 saturated heterocycles. The highest BCUT2D eigenvalue weighted by atomic mass is 16.7. The van der Waals surface area contributed by atoms with Gasteiger partial charge in [0.25, 0.3) is 0 Å². The first-order valence-corrected chi connectivity index (χ1v) is 12.2. The molecule has 0 unspecified atom stereocenters. The lowest BCUT2D eigenvalue weighted by atomic mass is 10.3. The summed E-state index contributed by atoms with van der Waals surface area (Å²) >= 11 is 0. The van der Waals surface area contributed by atoms with Gasteiger partial charge in [-0.1, -0.05) is 54.6 Å². The zero-order chi connectivity index (χ0) is 30.2. The predicted molar refractivity (Wildman–Crippen MR) is 152 cm³/mol. The van der Waals surface area contributed by atoms with Crippen molar-refractivity contribution in [1.29, 1.82) is 0 Å². The summed E-state index contributed by atoms with van der Waals surface area (Å²) in [5.74, 6) is 1.40. The number of phenolic OH excluding ortho intramolecular Hbond substituents is 4. The summed E-state index contributed by atoms with van der Waals surface area (Å²) in [6, 6.07) is 35.0. The van der Waals surface area contributed by atoms with Gasteiger partial charge in [-0.3, -0.25) is 0 Å². The smallest absolute Gasteiger partial charge is 0.508 e. The number of carbonyl (C=O) groups excluding carboxylic acids is 2. The Kier molecular flexibility index (Phi) is 11.6. The molecule has 0 aliphatic heterocycles. The summed E-state index contributed by atoms with van der Waals surface area (Å²) < 4.78 is 19.6. The Bertz CT molecular complexity index is 1450. The van der Waals surface area contributed by atoms with E-state index in [4.69, 9.17) is 29.2 Å². The second-order valence-corrected chi connectivity index (χ2v) is 8.05. The summed E-state index contributed by atoms with van der Waals surface area (Å²) in [6.45, 7) is 0. The molecule has 214 valence electrons. The summed E-state index contributed by atoms with van der Waals surface area (Å²) in [5, 5.41) is 35.7. The fourth-order valence-corrected chi connectivity index (χ4v) is 2.99. The highest BCUT2D eigenvalue weighted by molar-refractivity contribution is 5.67. The van der Waals surface area contributed by atoms with Gasteiger partial charge in [-0.15, -0.1) is 0 Å². The summed E-state index contributed by atoms with van der Waals surface area (Å²) in [6.07, 6.45) is -1.69. The van der Waals surface area contributed by atoms with E-state index in [1.54, 1.807) is 54.6 Å². The maximum atomic E-state index is 11.4. The number of para-hydroxylation sites is 2. The third-order valence-corrected chi connectivity index (χ3v) is 4.76. The average Bonchev–Trinajstić information content (AvgIpc) is 2.95. The molecule has 0 saturated carbocycles. The van der Waals surface area contributed by atoms with E-state index in [9.17, 15) is 19.8 Å². The maximum Gasteiger partial charge on any atom is 0.519 e. The average molecular weight is 571 g/mol. The van der Waals surface area contributed by atoms with E-state index in [0.717, 1.165) is 0 Å². The first-order chi connectivity index (χ1) is 20.3. The van der Waals surface area contributed by atoms with E-state index in [-0.39, 0.29) is 34.5 Å². The highest BCUT2D eigenvalue weighted by Crippen LogP contribution is 2.21. The minimum absolute atomic E-state index is 0.0161. The molecule has 42 heavy (non-hydrogen) atoms. The van der Waals surface area contributed by atoms with Crippen molar-refractivity contribution >= 4 is 12.3 Å². The second kappa shape index (κ2) is 16.1. The van der Waals surface area contributed by atoms with Crippen molar-refractivity contribution in [1.82, 2.24) is 0 Å². The Hall–Kier alpha value is -6.16. The Morgan fingerprint density at radius 3 is 0.952 bits per heavy atom. The SMILES string of the molecule is O=C(Oc1cccc(O)c1)Oc1cccc(O)c1.O=C(Oc1ccccc1)Oc1ccccc1.Oc1cccc(O)c1. The van der Waals surface area contributed by atoms with Crippen LogP contribution in [0.5, 0.6) is 46.0 Å². The molecule has 0 spiro atoms. The normalized spacial score (nSPS) is 9.52. The maximum absolute atomic E-state index is 11.4. The molecule has 10 heteroatoms. The van der Waals surface area contributed by atoms with Crippen LogP contribution < -0.4 is 18.9 Å². The Labute approximate surface area is 240 Å². The summed E-state index contributed by atoms with van der Waals surface area (Å²) in [7, 11) is 0. The molecule has 0 amide bonds. The standard InChI is InChI=1S/C13H10O5.C13H10O3.C6H6O2/c14-9-3-1-5-11(7-9)17-13(16)18-12-6-2-4-10(15)8-12;14-13(15-11-7-3-1-4-8-11)16-12-9-5-2-6-10-12;7-5-2-1-3-6(8)4-5/h1-8,14-15H;1-10H;1-4,7-8H. The van der Waals surface area contributed by atoms with Crippen LogP contribution in [-0.2, 0) is 0 Å². The van der Waals surface area contributed by atoms with Crippen molar-refractivity contribution in [2.45, 2.75) is 0 Å². The Morgan fingerprint density at radius 2 is 0.643 bits per heavy atom. The number of hydrogen-bond donors (Lipinski definition) is 4. The van der Waals surface area contributed by atoms with Gasteiger partial charge in [0.1, 0.15) is 46.0 Å². The van der Waals surface area contributed by atoms with Gasteiger partial charge in [-0.2, -0.15) is 0 Å². The molecule has 0 heterocycles. The molecule has 5 aromatic carbocycles. The van der Waals surface area contributed by atoms with Crippen LogP contribution in [0.3, 0.4) is 0 Å². The quantitative estimate of drug-likeness (QED) is 0.131. The van der Waals surface area contributed by atoms with Crippen LogP contribution in [0.2, 0.25) is 0 Å². The first kappa shape index (κ1) is 30.4. The van der Waals surface area contributed by atoms with Crippen LogP contribution in [0.1, 0.15) is 0 Å².